The van der Waals surface area contributed by atoms with Gasteiger partial charge in [-0.25, -0.2) is 0 Å². The van der Waals surface area contributed by atoms with Gasteiger partial charge in [0.05, 0.1) is 16.1 Å². The Morgan fingerprint density at radius 2 is 1.80 bits per heavy atom. The standard InChI is InChI=1S/C14H10N2O4/c17-13-10-6-2-4-8-12(10)20-14(15-13)9-5-1-3-7-11(9)16(18)19/h1-8,14H,(H,15,17)/t14-/m1/s1. The molecule has 1 aliphatic rings. The number of fused-ring (bicyclic) bond motifs is 1. The maximum absolute atomic E-state index is 12.0. The third kappa shape index (κ3) is 1.97. The van der Waals surface area contributed by atoms with Gasteiger partial charge in [-0.1, -0.05) is 24.3 Å². The van der Waals surface area contributed by atoms with Crippen LogP contribution >= 0.6 is 0 Å². The van der Waals surface area contributed by atoms with Gasteiger partial charge >= 0.3 is 0 Å². The summed E-state index contributed by atoms with van der Waals surface area (Å²) in [6, 6.07) is 13.0. The summed E-state index contributed by atoms with van der Waals surface area (Å²) in [4.78, 5) is 22.5. The van der Waals surface area contributed by atoms with Crippen molar-refractivity contribution in [3.63, 3.8) is 0 Å². The first-order valence-electron chi connectivity index (χ1n) is 5.96. The minimum atomic E-state index is -0.862. The molecule has 1 N–H and O–H groups in total. The first kappa shape index (κ1) is 12.2. The van der Waals surface area contributed by atoms with E-state index < -0.39 is 11.2 Å². The van der Waals surface area contributed by atoms with Gasteiger partial charge in [-0.3, -0.25) is 14.9 Å². The molecule has 0 spiro atoms. The highest BCUT2D eigenvalue weighted by atomic mass is 16.6. The largest absolute Gasteiger partial charge is 0.465 e. The minimum Gasteiger partial charge on any atom is -0.465 e. The Bertz CT molecular complexity index is 699. The van der Waals surface area contributed by atoms with Gasteiger partial charge in [0.2, 0.25) is 6.23 Å². The summed E-state index contributed by atoms with van der Waals surface area (Å²) < 4.78 is 5.64. The Hall–Kier alpha value is -2.89. The third-order valence-electron chi connectivity index (χ3n) is 3.05. The van der Waals surface area contributed by atoms with E-state index in [1.807, 2.05) is 0 Å². The lowest BCUT2D eigenvalue weighted by Crippen LogP contribution is -2.37. The molecule has 0 radical (unpaired) electrons. The molecule has 2 aromatic carbocycles. The van der Waals surface area contributed by atoms with Crippen LogP contribution in [-0.2, 0) is 0 Å². The van der Waals surface area contributed by atoms with E-state index in [0.29, 0.717) is 16.9 Å². The second-order valence-corrected chi connectivity index (χ2v) is 4.28. The van der Waals surface area contributed by atoms with Crippen LogP contribution in [0.2, 0.25) is 0 Å². The molecule has 0 unspecified atom stereocenters. The zero-order valence-corrected chi connectivity index (χ0v) is 10.3. The van der Waals surface area contributed by atoms with Crippen LogP contribution in [0.25, 0.3) is 0 Å². The summed E-state index contributed by atoms with van der Waals surface area (Å²) >= 11 is 0. The molecule has 1 heterocycles. The highest BCUT2D eigenvalue weighted by molar-refractivity contribution is 5.98. The summed E-state index contributed by atoms with van der Waals surface area (Å²) in [5, 5.41) is 13.6. The number of rotatable bonds is 2. The number of para-hydroxylation sites is 2. The van der Waals surface area contributed by atoms with Crippen LogP contribution in [-0.4, -0.2) is 10.8 Å². The number of nitro groups is 1. The molecule has 1 atom stereocenters. The Morgan fingerprint density at radius 3 is 2.60 bits per heavy atom. The predicted molar refractivity (Wildman–Crippen MR) is 70.4 cm³/mol. The first-order valence-corrected chi connectivity index (χ1v) is 5.96. The van der Waals surface area contributed by atoms with E-state index in [1.54, 1.807) is 42.5 Å². The predicted octanol–water partition coefficient (Wildman–Crippen LogP) is 2.42. The lowest BCUT2D eigenvalue weighted by molar-refractivity contribution is -0.386. The van der Waals surface area contributed by atoms with Crippen LogP contribution in [0.3, 0.4) is 0 Å². The molecule has 20 heavy (non-hydrogen) atoms. The molecule has 0 saturated carbocycles. The average molecular weight is 270 g/mol. The molecule has 3 rings (SSSR count). The van der Waals surface area contributed by atoms with Gasteiger partial charge in [0.15, 0.2) is 0 Å². The molecule has 0 fully saturated rings. The van der Waals surface area contributed by atoms with Crippen molar-refractivity contribution < 1.29 is 14.5 Å². The number of hydrogen-bond donors (Lipinski definition) is 1. The van der Waals surface area contributed by atoms with E-state index in [2.05, 4.69) is 5.32 Å². The number of nitrogens with zero attached hydrogens (tertiary/aromatic N) is 1. The summed E-state index contributed by atoms with van der Waals surface area (Å²) in [6.45, 7) is 0. The monoisotopic (exact) mass is 270 g/mol. The van der Waals surface area contributed by atoms with E-state index in [4.69, 9.17) is 4.74 Å². The van der Waals surface area contributed by atoms with Crippen molar-refractivity contribution in [3.05, 3.63) is 69.8 Å². The maximum Gasteiger partial charge on any atom is 0.278 e. The quantitative estimate of drug-likeness (QED) is 0.671. The van der Waals surface area contributed by atoms with Crippen LogP contribution < -0.4 is 10.1 Å². The summed E-state index contributed by atoms with van der Waals surface area (Å²) in [6.07, 6.45) is -0.862. The van der Waals surface area contributed by atoms with Crippen molar-refractivity contribution >= 4 is 11.6 Å². The Balaban J connectivity index is 2.02. The molecule has 1 aliphatic heterocycles. The van der Waals surface area contributed by atoms with Crippen LogP contribution in [0.15, 0.2) is 48.5 Å². The zero-order chi connectivity index (χ0) is 14.1. The SMILES string of the molecule is O=C1N[C@@H](c2ccccc2[N+](=O)[O-])Oc2ccccc21. The van der Waals surface area contributed by atoms with Crippen molar-refractivity contribution in [1.82, 2.24) is 5.32 Å². The van der Waals surface area contributed by atoms with Gasteiger partial charge in [0.1, 0.15) is 5.75 Å². The molecule has 0 aromatic heterocycles. The smallest absolute Gasteiger partial charge is 0.278 e. The molecule has 1 amide bonds. The lowest BCUT2D eigenvalue weighted by Gasteiger charge is -2.26. The zero-order valence-electron chi connectivity index (χ0n) is 10.3. The number of nitro benzene ring substituents is 1. The first-order chi connectivity index (χ1) is 9.66. The molecular formula is C14H10N2O4. The average Bonchev–Trinajstić information content (AvgIpc) is 2.47. The Kier molecular flexibility index (Phi) is 2.83. The Morgan fingerprint density at radius 1 is 1.10 bits per heavy atom. The van der Waals surface area contributed by atoms with Crippen molar-refractivity contribution in [2.24, 2.45) is 0 Å². The number of benzene rings is 2. The van der Waals surface area contributed by atoms with Gasteiger partial charge in [0, 0.05) is 6.07 Å². The van der Waals surface area contributed by atoms with E-state index >= 15 is 0 Å². The fourth-order valence-corrected chi connectivity index (χ4v) is 2.13. The van der Waals surface area contributed by atoms with Crippen molar-refractivity contribution in [3.8, 4) is 5.75 Å². The summed E-state index contributed by atoms with van der Waals surface area (Å²) in [5.74, 6) is 0.106. The maximum atomic E-state index is 12.0. The molecule has 6 heteroatoms. The molecule has 0 saturated heterocycles. The Labute approximate surface area is 114 Å². The third-order valence-corrected chi connectivity index (χ3v) is 3.05. The van der Waals surface area contributed by atoms with E-state index in [1.165, 1.54) is 6.07 Å². The number of ether oxygens (including phenoxy) is 1. The molecular weight excluding hydrogens is 260 g/mol. The molecule has 100 valence electrons. The van der Waals surface area contributed by atoms with Crippen molar-refractivity contribution in [2.75, 3.05) is 0 Å². The highest BCUT2D eigenvalue weighted by Crippen LogP contribution is 2.32. The number of nitrogens with one attached hydrogen (secondary N) is 1. The van der Waals surface area contributed by atoms with Crippen LogP contribution in [0.1, 0.15) is 22.1 Å². The van der Waals surface area contributed by atoms with Crippen LogP contribution in [0.5, 0.6) is 5.75 Å². The number of amides is 1. The van der Waals surface area contributed by atoms with E-state index in [9.17, 15) is 14.9 Å². The fourth-order valence-electron chi connectivity index (χ4n) is 2.13. The number of carbonyl (C=O) groups is 1. The van der Waals surface area contributed by atoms with Gasteiger partial charge in [-0.15, -0.1) is 0 Å². The second-order valence-electron chi connectivity index (χ2n) is 4.28. The topological polar surface area (TPSA) is 81.5 Å². The van der Waals surface area contributed by atoms with Gasteiger partial charge in [0.25, 0.3) is 11.6 Å². The van der Waals surface area contributed by atoms with Gasteiger partial charge < -0.3 is 10.1 Å². The molecule has 6 nitrogen and oxygen atoms in total. The summed E-state index contributed by atoms with van der Waals surface area (Å²) in [5.41, 5.74) is 0.653. The highest BCUT2D eigenvalue weighted by Gasteiger charge is 2.30. The van der Waals surface area contributed by atoms with E-state index in [0.717, 1.165) is 0 Å². The van der Waals surface area contributed by atoms with E-state index in [-0.39, 0.29) is 11.6 Å². The van der Waals surface area contributed by atoms with Crippen LogP contribution in [0, 0.1) is 10.1 Å². The van der Waals surface area contributed by atoms with Crippen molar-refractivity contribution in [2.45, 2.75) is 6.23 Å². The molecule has 2 aromatic rings. The molecule has 0 bridgehead atoms. The fraction of sp³-hybridized carbons (Fsp3) is 0.0714. The second kappa shape index (κ2) is 4.65. The van der Waals surface area contributed by atoms with Gasteiger partial charge in [-0.2, -0.15) is 0 Å². The van der Waals surface area contributed by atoms with Crippen molar-refractivity contribution in [1.29, 1.82) is 0 Å². The number of carbonyl (C=O) groups excluding carboxylic acids is 1. The summed E-state index contributed by atoms with van der Waals surface area (Å²) in [7, 11) is 0. The molecule has 0 aliphatic carbocycles. The lowest BCUT2D eigenvalue weighted by atomic mass is 10.1. The van der Waals surface area contributed by atoms with Gasteiger partial charge in [-0.05, 0) is 18.2 Å². The number of hydrogen-bond acceptors (Lipinski definition) is 4. The minimum absolute atomic E-state index is 0.0859. The normalized spacial score (nSPS) is 16.8. The van der Waals surface area contributed by atoms with Crippen LogP contribution in [0.4, 0.5) is 5.69 Å².